The number of alkyl halides is 1. The van der Waals surface area contributed by atoms with Crippen LogP contribution in [0.3, 0.4) is 0 Å². The average molecular weight is 326 g/mol. The van der Waals surface area contributed by atoms with Gasteiger partial charge in [0.2, 0.25) is 5.91 Å². The van der Waals surface area contributed by atoms with Crippen molar-refractivity contribution in [2.24, 2.45) is 0 Å². The first-order chi connectivity index (χ1) is 10.1. The molecule has 21 heavy (non-hydrogen) atoms. The lowest BCUT2D eigenvalue weighted by atomic mass is 10.2. The van der Waals surface area contributed by atoms with E-state index in [9.17, 15) is 4.79 Å². The highest BCUT2D eigenvalue weighted by molar-refractivity contribution is 6.31. The molecule has 1 aromatic carbocycles. The highest BCUT2D eigenvalue weighted by Crippen LogP contribution is 2.27. The van der Waals surface area contributed by atoms with Gasteiger partial charge in [0.1, 0.15) is 11.9 Å². The number of hydrogen-bond donors (Lipinski definition) is 0. The smallest absolute Gasteiger partial charge is 0.245 e. The zero-order valence-corrected chi connectivity index (χ0v) is 13.4. The van der Waals surface area contributed by atoms with E-state index in [4.69, 9.17) is 23.2 Å². The summed E-state index contributed by atoms with van der Waals surface area (Å²) in [6.07, 6.45) is 2.16. The van der Waals surface area contributed by atoms with Crippen LogP contribution in [0, 0.1) is 0 Å². The van der Waals surface area contributed by atoms with E-state index in [0.29, 0.717) is 10.8 Å². The molecule has 0 saturated carbocycles. The number of likely N-dealkylation sites (tertiary alicyclic amines) is 1. The summed E-state index contributed by atoms with van der Waals surface area (Å²) in [7, 11) is 0. The number of rotatable bonds is 3. The van der Waals surface area contributed by atoms with Gasteiger partial charge in [-0.1, -0.05) is 11.6 Å². The molecule has 0 bridgehead atoms. The molecule has 4 nitrogen and oxygen atoms in total. The van der Waals surface area contributed by atoms with Gasteiger partial charge in [-0.05, 0) is 38.0 Å². The summed E-state index contributed by atoms with van der Waals surface area (Å²) in [5, 5.41) is 0.630. The van der Waals surface area contributed by atoms with E-state index in [-0.39, 0.29) is 17.8 Å². The number of amides is 1. The minimum Gasteiger partial charge on any atom is -0.341 e. The Morgan fingerprint density at radius 3 is 2.76 bits per heavy atom. The minimum atomic E-state index is -0.319. The van der Waals surface area contributed by atoms with Gasteiger partial charge in [-0.25, -0.2) is 4.98 Å². The molecule has 0 radical (unpaired) electrons. The molecule has 0 spiro atoms. The van der Waals surface area contributed by atoms with Crippen LogP contribution in [0.1, 0.15) is 31.6 Å². The van der Waals surface area contributed by atoms with Crippen LogP contribution in [-0.2, 0) is 10.7 Å². The molecule has 1 atom stereocenters. The summed E-state index contributed by atoms with van der Waals surface area (Å²) >= 11 is 12.1. The first-order valence-corrected chi connectivity index (χ1v) is 8.04. The van der Waals surface area contributed by atoms with Crippen LogP contribution in [0.2, 0.25) is 5.02 Å². The molecule has 1 aliphatic rings. The molecule has 1 aliphatic heterocycles. The van der Waals surface area contributed by atoms with Crippen LogP contribution >= 0.6 is 23.2 Å². The number of nitrogens with zero attached hydrogens (tertiary/aromatic N) is 3. The second-order valence-electron chi connectivity index (χ2n) is 5.37. The van der Waals surface area contributed by atoms with Crippen molar-refractivity contribution in [2.75, 3.05) is 13.1 Å². The lowest BCUT2D eigenvalue weighted by molar-refractivity contribution is -0.133. The van der Waals surface area contributed by atoms with Gasteiger partial charge in [0, 0.05) is 18.1 Å². The van der Waals surface area contributed by atoms with Crippen LogP contribution in [0.15, 0.2) is 18.2 Å². The van der Waals surface area contributed by atoms with E-state index in [0.717, 1.165) is 37.0 Å². The van der Waals surface area contributed by atoms with Crippen molar-refractivity contribution in [1.82, 2.24) is 14.5 Å². The molecule has 1 fully saturated rings. The Hall–Kier alpha value is -1.26. The molecule has 1 unspecified atom stereocenters. The van der Waals surface area contributed by atoms with Gasteiger partial charge < -0.3 is 9.47 Å². The molecular formula is C15H17Cl2N3O. The molecule has 112 valence electrons. The van der Waals surface area contributed by atoms with Crippen molar-refractivity contribution in [2.45, 2.75) is 31.7 Å². The normalized spacial score (nSPS) is 16.6. The average Bonchev–Trinajstić information content (AvgIpc) is 3.12. The quantitative estimate of drug-likeness (QED) is 0.808. The van der Waals surface area contributed by atoms with Crippen molar-refractivity contribution in [3.8, 4) is 0 Å². The molecule has 0 aliphatic carbocycles. The summed E-state index contributed by atoms with van der Waals surface area (Å²) in [6.45, 7) is 3.58. The lowest BCUT2D eigenvalue weighted by Crippen LogP contribution is -2.34. The molecule has 2 aromatic rings. The Bertz CT molecular complexity index is 677. The Balaban J connectivity index is 2.04. The van der Waals surface area contributed by atoms with Gasteiger partial charge in [-0.3, -0.25) is 4.79 Å². The SMILES string of the molecule is CC(C(=O)N1CCCC1)n1c(CCl)nc2ccc(Cl)cc21. The van der Waals surface area contributed by atoms with Crippen molar-refractivity contribution in [3.05, 3.63) is 29.0 Å². The Kier molecular flexibility index (Phi) is 4.09. The van der Waals surface area contributed by atoms with Crippen molar-refractivity contribution in [3.63, 3.8) is 0 Å². The van der Waals surface area contributed by atoms with Gasteiger partial charge in [0.15, 0.2) is 0 Å². The summed E-state index contributed by atoms with van der Waals surface area (Å²) in [5.74, 6) is 1.09. The van der Waals surface area contributed by atoms with Gasteiger partial charge in [0.25, 0.3) is 0 Å². The fourth-order valence-corrected chi connectivity index (χ4v) is 3.31. The standard InChI is InChI=1S/C15H17Cl2N3O/c1-10(15(21)19-6-2-3-7-19)20-13-8-11(17)4-5-12(13)18-14(20)9-16/h4-5,8,10H,2-3,6-7,9H2,1H3. The number of aromatic nitrogens is 2. The van der Waals surface area contributed by atoms with E-state index in [2.05, 4.69) is 4.98 Å². The molecule has 1 aromatic heterocycles. The number of imidazole rings is 1. The van der Waals surface area contributed by atoms with Crippen LogP contribution in [0.5, 0.6) is 0 Å². The molecular weight excluding hydrogens is 309 g/mol. The third kappa shape index (κ3) is 2.62. The van der Waals surface area contributed by atoms with E-state index in [1.807, 2.05) is 28.5 Å². The predicted octanol–water partition coefficient (Wildman–Crippen LogP) is 3.61. The third-order valence-corrected chi connectivity index (χ3v) is 4.48. The molecule has 1 saturated heterocycles. The first kappa shape index (κ1) is 14.7. The number of hydrogen-bond acceptors (Lipinski definition) is 2. The number of carbonyl (C=O) groups excluding carboxylic acids is 1. The molecule has 0 N–H and O–H groups in total. The number of fused-ring (bicyclic) bond motifs is 1. The van der Waals surface area contributed by atoms with Crippen LogP contribution in [-0.4, -0.2) is 33.4 Å². The van der Waals surface area contributed by atoms with E-state index in [1.54, 1.807) is 6.07 Å². The predicted molar refractivity (Wildman–Crippen MR) is 84.8 cm³/mol. The van der Waals surface area contributed by atoms with Crippen molar-refractivity contribution >= 4 is 40.1 Å². The van der Waals surface area contributed by atoms with Crippen LogP contribution in [0.4, 0.5) is 0 Å². The molecule has 3 rings (SSSR count). The van der Waals surface area contributed by atoms with Crippen LogP contribution < -0.4 is 0 Å². The summed E-state index contributed by atoms with van der Waals surface area (Å²) < 4.78 is 1.91. The lowest BCUT2D eigenvalue weighted by Gasteiger charge is -2.23. The Morgan fingerprint density at radius 2 is 2.10 bits per heavy atom. The highest BCUT2D eigenvalue weighted by atomic mass is 35.5. The van der Waals surface area contributed by atoms with E-state index in [1.165, 1.54) is 0 Å². The highest BCUT2D eigenvalue weighted by Gasteiger charge is 2.27. The van der Waals surface area contributed by atoms with Gasteiger partial charge in [0.05, 0.1) is 16.9 Å². The second kappa shape index (κ2) is 5.85. The maximum atomic E-state index is 12.6. The monoisotopic (exact) mass is 325 g/mol. The van der Waals surface area contributed by atoms with Gasteiger partial charge in [-0.2, -0.15) is 0 Å². The maximum absolute atomic E-state index is 12.6. The summed E-state index contributed by atoms with van der Waals surface area (Å²) in [6, 6.07) is 5.18. The number of carbonyl (C=O) groups is 1. The molecule has 6 heteroatoms. The summed E-state index contributed by atoms with van der Waals surface area (Å²) in [5.41, 5.74) is 1.68. The van der Waals surface area contributed by atoms with Crippen LogP contribution in [0.25, 0.3) is 11.0 Å². The third-order valence-electron chi connectivity index (χ3n) is 4.01. The molecule has 1 amide bonds. The fourth-order valence-electron chi connectivity index (χ4n) is 2.95. The second-order valence-corrected chi connectivity index (χ2v) is 6.08. The van der Waals surface area contributed by atoms with Gasteiger partial charge in [-0.15, -0.1) is 11.6 Å². The first-order valence-electron chi connectivity index (χ1n) is 7.13. The molecule has 2 heterocycles. The summed E-state index contributed by atoms with van der Waals surface area (Å²) in [4.78, 5) is 19.1. The van der Waals surface area contributed by atoms with Crippen molar-refractivity contribution in [1.29, 1.82) is 0 Å². The topological polar surface area (TPSA) is 38.1 Å². The number of halogens is 2. The van der Waals surface area contributed by atoms with E-state index < -0.39 is 0 Å². The number of benzene rings is 1. The Morgan fingerprint density at radius 1 is 1.38 bits per heavy atom. The zero-order valence-electron chi connectivity index (χ0n) is 11.9. The maximum Gasteiger partial charge on any atom is 0.245 e. The van der Waals surface area contributed by atoms with Gasteiger partial charge >= 0.3 is 0 Å². The fraction of sp³-hybridized carbons (Fsp3) is 0.467. The Labute approximate surface area is 133 Å². The van der Waals surface area contributed by atoms with E-state index >= 15 is 0 Å². The largest absolute Gasteiger partial charge is 0.341 e. The zero-order chi connectivity index (χ0) is 15.0. The van der Waals surface area contributed by atoms with Crippen molar-refractivity contribution < 1.29 is 4.79 Å². The minimum absolute atomic E-state index is 0.123.